The predicted octanol–water partition coefficient (Wildman–Crippen LogP) is 3.09. The van der Waals surface area contributed by atoms with Crippen molar-refractivity contribution in [3.05, 3.63) is 43.1 Å². The van der Waals surface area contributed by atoms with Crippen molar-refractivity contribution in [2.24, 2.45) is 0 Å². The largest absolute Gasteiger partial charge is 0.320 e. The summed E-state index contributed by atoms with van der Waals surface area (Å²) in [6.45, 7) is 5.51. The maximum Gasteiger partial charge on any atom is 0.135 e. The number of ketones is 1. The molecule has 15 heavy (non-hydrogen) atoms. The van der Waals surface area contributed by atoms with Crippen LogP contribution >= 0.6 is 0 Å². The van der Waals surface area contributed by atoms with E-state index in [1.807, 2.05) is 41.1 Å². The number of allylic oxidation sites excluding steroid dienone is 1. The Bertz CT molecular complexity index is 522. The second kappa shape index (κ2) is 3.73. The van der Waals surface area contributed by atoms with Crippen molar-refractivity contribution in [2.75, 3.05) is 0 Å². The van der Waals surface area contributed by atoms with E-state index < -0.39 is 0 Å². The number of Topliss-reactive ketones (excluding diaryl/α,β-unsaturated/α-hetero) is 1. The maximum absolute atomic E-state index is 11.0. The zero-order valence-electron chi connectivity index (χ0n) is 8.73. The first kappa shape index (κ1) is 9.71. The third-order valence-corrected chi connectivity index (χ3v) is 2.39. The van der Waals surface area contributed by atoms with Crippen LogP contribution in [-0.4, -0.2) is 10.4 Å². The third kappa shape index (κ3) is 1.84. The number of fused-ring (bicyclic) bond motifs is 1. The van der Waals surface area contributed by atoms with Crippen LogP contribution in [0.5, 0.6) is 0 Å². The Morgan fingerprint density at radius 2 is 2.07 bits per heavy atom. The molecule has 0 aliphatic rings. The summed E-state index contributed by atoms with van der Waals surface area (Å²) in [5, 5.41) is 1.17. The smallest absolute Gasteiger partial charge is 0.135 e. The Labute approximate surface area is 88.8 Å². The molecular formula is C13H13NO. The summed E-state index contributed by atoms with van der Waals surface area (Å²) < 4.78 is 1.97. The SMILES string of the molecule is C=C(CC(C)=O)n1ccc2ccccc21. The number of carbonyl (C=O) groups excluding carboxylic acids is 1. The van der Waals surface area contributed by atoms with E-state index in [1.165, 1.54) is 5.39 Å². The average Bonchev–Trinajstić information content (AvgIpc) is 2.59. The van der Waals surface area contributed by atoms with Crippen LogP contribution in [0.1, 0.15) is 13.3 Å². The zero-order chi connectivity index (χ0) is 10.8. The fourth-order valence-corrected chi connectivity index (χ4v) is 1.73. The summed E-state index contributed by atoms with van der Waals surface area (Å²) in [6, 6.07) is 10.1. The molecule has 2 rings (SSSR count). The summed E-state index contributed by atoms with van der Waals surface area (Å²) in [4.78, 5) is 11.0. The standard InChI is InChI=1S/C13H13NO/c1-10(9-11(2)15)14-8-7-12-5-3-4-6-13(12)14/h3-8H,1,9H2,2H3. The van der Waals surface area contributed by atoms with Gasteiger partial charge in [-0.15, -0.1) is 0 Å². The summed E-state index contributed by atoms with van der Waals surface area (Å²) in [5.74, 6) is 0.137. The van der Waals surface area contributed by atoms with Crippen molar-refractivity contribution >= 4 is 22.4 Å². The normalized spacial score (nSPS) is 10.5. The molecule has 0 spiro atoms. The van der Waals surface area contributed by atoms with Gasteiger partial charge in [0.2, 0.25) is 0 Å². The van der Waals surface area contributed by atoms with Gasteiger partial charge in [-0.3, -0.25) is 4.79 Å². The van der Waals surface area contributed by atoms with Crippen molar-refractivity contribution in [3.8, 4) is 0 Å². The van der Waals surface area contributed by atoms with Crippen LogP contribution in [0.3, 0.4) is 0 Å². The number of para-hydroxylation sites is 1. The fraction of sp³-hybridized carbons (Fsp3) is 0.154. The van der Waals surface area contributed by atoms with Gasteiger partial charge in [0.15, 0.2) is 0 Å². The lowest BCUT2D eigenvalue weighted by Gasteiger charge is -2.06. The van der Waals surface area contributed by atoms with E-state index in [-0.39, 0.29) is 5.78 Å². The molecule has 0 radical (unpaired) electrons. The van der Waals surface area contributed by atoms with Crippen molar-refractivity contribution in [2.45, 2.75) is 13.3 Å². The number of aromatic nitrogens is 1. The molecule has 2 aromatic rings. The van der Waals surface area contributed by atoms with Crippen LogP contribution < -0.4 is 0 Å². The summed E-state index contributed by atoms with van der Waals surface area (Å²) in [5.41, 5.74) is 1.92. The van der Waals surface area contributed by atoms with E-state index in [4.69, 9.17) is 0 Å². The lowest BCUT2D eigenvalue weighted by Crippen LogP contribution is -1.99. The minimum absolute atomic E-state index is 0.137. The monoisotopic (exact) mass is 199 g/mol. The molecule has 0 N–H and O–H groups in total. The van der Waals surface area contributed by atoms with Gasteiger partial charge in [0.05, 0.1) is 5.52 Å². The number of carbonyl (C=O) groups is 1. The highest BCUT2D eigenvalue weighted by atomic mass is 16.1. The second-order valence-electron chi connectivity index (χ2n) is 3.69. The van der Waals surface area contributed by atoms with E-state index in [9.17, 15) is 4.79 Å². The second-order valence-corrected chi connectivity index (χ2v) is 3.69. The van der Waals surface area contributed by atoms with Gasteiger partial charge in [-0.2, -0.15) is 0 Å². The molecule has 1 aromatic carbocycles. The number of nitrogens with zero attached hydrogens (tertiary/aromatic N) is 1. The molecule has 0 fully saturated rings. The molecule has 0 atom stereocenters. The highest BCUT2D eigenvalue weighted by Gasteiger charge is 2.04. The molecule has 0 aliphatic carbocycles. The predicted molar refractivity (Wildman–Crippen MR) is 62.6 cm³/mol. The Morgan fingerprint density at radius 1 is 1.33 bits per heavy atom. The average molecular weight is 199 g/mol. The van der Waals surface area contributed by atoms with E-state index in [0.717, 1.165) is 11.2 Å². The Hall–Kier alpha value is -1.83. The topological polar surface area (TPSA) is 22.0 Å². The Balaban J connectivity index is 2.44. The molecule has 1 aromatic heterocycles. The van der Waals surface area contributed by atoms with Gasteiger partial charge in [0.25, 0.3) is 0 Å². The van der Waals surface area contributed by atoms with Crippen LogP contribution in [0, 0.1) is 0 Å². The zero-order valence-corrected chi connectivity index (χ0v) is 8.73. The first-order valence-electron chi connectivity index (χ1n) is 4.92. The van der Waals surface area contributed by atoms with Gasteiger partial charge in [-0.25, -0.2) is 0 Å². The number of hydrogen-bond donors (Lipinski definition) is 0. The van der Waals surface area contributed by atoms with Gasteiger partial charge < -0.3 is 4.57 Å². The van der Waals surface area contributed by atoms with E-state index in [0.29, 0.717) is 6.42 Å². The molecule has 0 unspecified atom stereocenters. The van der Waals surface area contributed by atoms with Crippen molar-refractivity contribution in [1.29, 1.82) is 0 Å². The molecular weight excluding hydrogens is 186 g/mol. The van der Waals surface area contributed by atoms with Crippen LogP contribution in [0.2, 0.25) is 0 Å². The van der Waals surface area contributed by atoms with Gasteiger partial charge >= 0.3 is 0 Å². The van der Waals surface area contributed by atoms with E-state index in [2.05, 4.69) is 6.58 Å². The van der Waals surface area contributed by atoms with Crippen LogP contribution in [0.25, 0.3) is 16.6 Å². The van der Waals surface area contributed by atoms with Crippen molar-refractivity contribution < 1.29 is 4.79 Å². The Morgan fingerprint density at radius 3 is 2.80 bits per heavy atom. The number of benzene rings is 1. The van der Waals surface area contributed by atoms with Gasteiger partial charge in [0.1, 0.15) is 5.78 Å². The molecule has 1 heterocycles. The molecule has 0 bridgehead atoms. The number of rotatable bonds is 3. The lowest BCUT2D eigenvalue weighted by atomic mass is 10.2. The maximum atomic E-state index is 11.0. The van der Waals surface area contributed by atoms with Gasteiger partial charge in [0, 0.05) is 18.3 Å². The van der Waals surface area contributed by atoms with Gasteiger partial charge in [-0.05, 0) is 24.4 Å². The molecule has 76 valence electrons. The van der Waals surface area contributed by atoms with Crippen LogP contribution in [0.15, 0.2) is 43.1 Å². The molecule has 0 amide bonds. The first-order valence-corrected chi connectivity index (χ1v) is 4.92. The van der Waals surface area contributed by atoms with Crippen LogP contribution in [-0.2, 0) is 4.79 Å². The number of hydrogen-bond acceptors (Lipinski definition) is 1. The summed E-state index contributed by atoms with van der Waals surface area (Å²) in [6.07, 6.45) is 2.36. The highest BCUT2D eigenvalue weighted by molar-refractivity contribution is 5.88. The third-order valence-electron chi connectivity index (χ3n) is 2.39. The molecule has 2 nitrogen and oxygen atoms in total. The molecule has 2 heteroatoms. The summed E-state index contributed by atoms with van der Waals surface area (Å²) in [7, 11) is 0. The molecule has 0 aliphatic heterocycles. The molecule has 0 saturated heterocycles. The fourth-order valence-electron chi connectivity index (χ4n) is 1.73. The van der Waals surface area contributed by atoms with Crippen LogP contribution in [0.4, 0.5) is 0 Å². The van der Waals surface area contributed by atoms with E-state index in [1.54, 1.807) is 6.92 Å². The lowest BCUT2D eigenvalue weighted by molar-refractivity contribution is -0.116. The minimum atomic E-state index is 0.137. The van der Waals surface area contributed by atoms with Gasteiger partial charge in [-0.1, -0.05) is 24.8 Å². The van der Waals surface area contributed by atoms with E-state index >= 15 is 0 Å². The quantitative estimate of drug-likeness (QED) is 0.744. The van der Waals surface area contributed by atoms with Crippen molar-refractivity contribution in [1.82, 2.24) is 4.57 Å². The molecule has 0 saturated carbocycles. The minimum Gasteiger partial charge on any atom is -0.320 e. The Kier molecular flexibility index (Phi) is 2.42. The first-order chi connectivity index (χ1) is 7.18. The highest BCUT2D eigenvalue weighted by Crippen LogP contribution is 2.20. The summed E-state index contributed by atoms with van der Waals surface area (Å²) >= 11 is 0. The van der Waals surface area contributed by atoms with Crippen molar-refractivity contribution in [3.63, 3.8) is 0 Å².